The van der Waals surface area contributed by atoms with Gasteiger partial charge in [0.05, 0.1) is 7.11 Å². The van der Waals surface area contributed by atoms with Gasteiger partial charge in [-0.2, -0.15) is 0 Å². The zero-order valence-electron chi connectivity index (χ0n) is 10.6. The molecular formula is C15H11BrF2O2. The molecule has 0 fully saturated rings. The molecule has 2 rings (SSSR count). The van der Waals surface area contributed by atoms with Gasteiger partial charge in [0.25, 0.3) is 0 Å². The van der Waals surface area contributed by atoms with E-state index in [2.05, 4.69) is 15.9 Å². The minimum Gasteiger partial charge on any atom is -0.496 e. The van der Waals surface area contributed by atoms with Crippen molar-refractivity contribution in [3.8, 4) is 5.75 Å². The number of ether oxygens (including phenoxy) is 1. The van der Waals surface area contributed by atoms with E-state index >= 15 is 0 Å². The minimum atomic E-state index is -0.769. The second kappa shape index (κ2) is 6.13. The smallest absolute Gasteiger partial charge is 0.167 e. The summed E-state index contributed by atoms with van der Waals surface area (Å²) < 4.78 is 32.2. The van der Waals surface area contributed by atoms with Gasteiger partial charge in [-0.1, -0.05) is 15.9 Å². The van der Waals surface area contributed by atoms with Crippen molar-refractivity contribution in [1.29, 1.82) is 0 Å². The van der Waals surface area contributed by atoms with Gasteiger partial charge < -0.3 is 4.74 Å². The molecule has 0 spiro atoms. The lowest BCUT2D eigenvalue weighted by atomic mass is 10.0. The molecule has 0 N–H and O–H groups in total. The maximum absolute atomic E-state index is 13.1. The Morgan fingerprint density at radius 3 is 2.40 bits per heavy atom. The van der Waals surface area contributed by atoms with Crippen LogP contribution in [-0.2, 0) is 6.42 Å². The maximum atomic E-state index is 13.1. The monoisotopic (exact) mass is 340 g/mol. The van der Waals surface area contributed by atoms with Crippen LogP contribution in [-0.4, -0.2) is 12.9 Å². The molecule has 5 heteroatoms. The van der Waals surface area contributed by atoms with Crippen LogP contribution in [0.3, 0.4) is 0 Å². The Labute approximate surface area is 123 Å². The number of carbonyl (C=O) groups excluding carboxylic acids is 1. The average Bonchev–Trinajstić information content (AvgIpc) is 2.37. The van der Waals surface area contributed by atoms with Crippen molar-refractivity contribution in [1.82, 2.24) is 0 Å². The van der Waals surface area contributed by atoms with Gasteiger partial charge in [0.1, 0.15) is 17.4 Å². The Balaban J connectivity index is 2.29. The number of benzene rings is 2. The van der Waals surface area contributed by atoms with Gasteiger partial charge in [-0.05, 0) is 30.3 Å². The molecule has 0 amide bonds. The van der Waals surface area contributed by atoms with Crippen molar-refractivity contribution in [2.45, 2.75) is 6.42 Å². The quantitative estimate of drug-likeness (QED) is 0.781. The number of Topliss-reactive ketones (excluding diaryl/α,β-unsaturated/α-hetero) is 1. The Kier molecular flexibility index (Phi) is 4.49. The molecule has 2 nitrogen and oxygen atoms in total. The SMILES string of the molecule is COc1ccc(Br)cc1CC(=O)c1cc(F)cc(F)c1. The van der Waals surface area contributed by atoms with E-state index in [-0.39, 0.29) is 17.8 Å². The number of carbonyl (C=O) groups is 1. The molecule has 0 atom stereocenters. The highest BCUT2D eigenvalue weighted by atomic mass is 79.9. The third kappa shape index (κ3) is 3.42. The molecule has 0 aliphatic carbocycles. The van der Waals surface area contributed by atoms with E-state index in [4.69, 9.17) is 4.74 Å². The first kappa shape index (κ1) is 14.7. The summed E-state index contributed by atoms with van der Waals surface area (Å²) in [4.78, 5) is 12.1. The van der Waals surface area contributed by atoms with Gasteiger partial charge in [-0.25, -0.2) is 8.78 Å². The van der Waals surface area contributed by atoms with Crippen LogP contribution in [0.2, 0.25) is 0 Å². The van der Waals surface area contributed by atoms with Crippen molar-refractivity contribution >= 4 is 21.7 Å². The lowest BCUT2D eigenvalue weighted by molar-refractivity contribution is 0.0991. The summed E-state index contributed by atoms with van der Waals surface area (Å²) in [6.45, 7) is 0. The molecule has 0 aliphatic heterocycles. The fourth-order valence-electron chi connectivity index (χ4n) is 1.88. The van der Waals surface area contributed by atoms with Crippen LogP contribution < -0.4 is 4.74 Å². The Hall–Kier alpha value is -1.75. The highest BCUT2D eigenvalue weighted by Crippen LogP contribution is 2.24. The van der Waals surface area contributed by atoms with E-state index in [1.165, 1.54) is 7.11 Å². The largest absolute Gasteiger partial charge is 0.496 e. The summed E-state index contributed by atoms with van der Waals surface area (Å²) in [5, 5.41) is 0. The van der Waals surface area contributed by atoms with E-state index in [0.29, 0.717) is 11.3 Å². The molecule has 0 bridgehead atoms. The molecular weight excluding hydrogens is 330 g/mol. The molecule has 0 aromatic heterocycles. The minimum absolute atomic E-state index is 0.00419. The van der Waals surface area contributed by atoms with Crippen molar-refractivity contribution < 1.29 is 18.3 Å². The van der Waals surface area contributed by atoms with E-state index in [1.54, 1.807) is 18.2 Å². The fraction of sp³-hybridized carbons (Fsp3) is 0.133. The number of hydrogen-bond acceptors (Lipinski definition) is 2. The third-order valence-electron chi connectivity index (χ3n) is 2.78. The molecule has 0 saturated carbocycles. The molecule has 0 heterocycles. The van der Waals surface area contributed by atoms with Gasteiger partial charge in [0.15, 0.2) is 5.78 Å². The second-order valence-electron chi connectivity index (χ2n) is 4.21. The fourth-order valence-corrected chi connectivity index (χ4v) is 2.28. The Bertz CT molecular complexity index is 636. The standard InChI is InChI=1S/C15H11BrF2O2/c1-20-15-3-2-11(16)4-10(15)7-14(19)9-5-12(17)8-13(18)6-9/h2-6,8H,7H2,1H3. The molecule has 104 valence electrons. The summed E-state index contributed by atoms with van der Waals surface area (Å²) in [6.07, 6.45) is 0.00546. The van der Waals surface area contributed by atoms with Crippen LogP contribution >= 0.6 is 15.9 Å². The predicted octanol–water partition coefficient (Wildman–Crippen LogP) is 4.16. The third-order valence-corrected chi connectivity index (χ3v) is 3.27. The van der Waals surface area contributed by atoms with Crippen LogP contribution in [0.5, 0.6) is 5.75 Å². The van der Waals surface area contributed by atoms with Crippen molar-refractivity contribution in [2.75, 3.05) is 7.11 Å². The van der Waals surface area contributed by atoms with Gasteiger partial charge in [-0.3, -0.25) is 4.79 Å². The maximum Gasteiger partial charge on any atom is 0.167 e. The first-order valence-electron chi connectivity index (χ1n) is 5.81. The molecule has 2 aromatic carbocycles. The highest BCUT2D eigenvalue weighted by molar-refractivity contribution is 9.10. The first-order chi connectivity index (χ1) is 9.49. The Morgan fingerprint density at radius 2 is 1.80 bits per heavy atom. The van der Waals surface area contributed by atoms with Crippen LogP contribution in [0.4, 0.5) is 8.78 Å². The molecule has 0 saturated heterocycles. The lowest BCUT2D eigenvalue weighted by Gasteiger charge is -2.08. The topological polar surface area (TPSA) is 26.3 Å². The van der Waals surface area contributed by atoms with E-state index in [1.807, 2.05) is 0 Å². The Morgan fingerprint density at radius 1 is 1.15 bits per heavy atom. The van der Waals surface area contributed by atoms with E-state index in [9.17, 15) is 13.6 Å². The normalized spacial score (nSPS) is 10.4. The van der Waals surface area contributed by atoms with Crippen LogP contribution in [0, 0.1) is 11.6 Å². The van der Waals surface area contributed by atoms with Gasteiger partial charge in [-0.15, -0.1) is 0 Å². The van der Waals surface area contributed by atoms with Gasteiger partial charge in [0.2, 0.25) is 0 Å². The highest BCUT2D eigenvalue weighted by Gasteiger charge is 2.13. The molecule has 0 aliphatic rings. The summed E-state index contributed by atoms with van der Waals surface area (Å²) in [5.41, 5.74) is 0.654. The summed E-state index contributed by atoms with van der Waals surface area (Å²) in [6, 6.07) is 8.03. The zero-order chi connectivity index (χ0) is 14.7. The number of hydrogen-bond donors (Lipinski definition) is 0. The van der Waals surface area contributed by atoms with Gasteiger partial charge >= 0.3 is 0 Å². The molecule has 20 heavy (non-hydrogen) atoms. The average molecular weight is 341 g/mol. The second-order valence-corrected chi connectivity index (χ2v) is 5.13. The van der Waals surface area contributed by atoms with Crippen LogP contribution in [0.25, 0.3) is 0 Å². The summed E-state index contributed by atoms with van der Waals surface area (Å²) in [5.74, 6) is -1.36. The van der Waals surface area contributed by atoms with Crippen molar-refractivity contribution in [2.24, 2.45) is 0 Å². The lowest BCUT2D eigenvalue weighted by Crippen LogP contribution is -2.06. The van der Waals surface area contributed by atoms with E-state index < -0.39 is 11.6 Å². The molecule has 2 aromatic rings. The van der Waals surface area contributed by atoms with Gasteiger partial charge in [0, 0.05) is 28.1 Å². The zero-order valence-corrected chi connectivity index (χ0v) is 12.2. The van der Waals surface area contributed by atoms with E-state index in [0.717, 1.165) is 22.7 Å². The predicted molar refractivity (Wildman–Crippen MR) is 75.1 cm³/mol. The molecule has 0 radical (unpaired) electrons. The number of ketones is 1. The summed E-state index contributed by atoms with van der Waals surface area (Å²) >= 11 is 3.31. The first-order valence-corrected chi connectivity index (χ1v) is 6.60. The summed E-state index contributed by atoms with van der Waals surface area (Å²) in [7, 11) is 1.50. The molecule has 0 unspecified atom stereocenters. The number of methoxy groups -OCH3 is 1. The number of halogens is 3. The van der Waals surface area contributed by atoms with Crippen molar-refractivity contribution in [3.63, 3.8) is 0 Å². The van der Waals surface area contributed by atoms with Crippen LogP contribution in [0.15, 0.2) is 40.9 Å². The van der Waals surface area contributed by atoms with Crippen molar-refractivity contribution in [3.05, 3.63) is 63.6 Å². The number of rotatable bonds is 4. The van der Waals surface area contributed by atoms with Crippen LogP contribution in [0.1, 0.15) is 15.9 Å².